The van der Waals surface area contributed by atoms with E-state index in [4.69, 9.17) is 9.47 Å². The highest BCUT2D eigenvalue weighted by Gasteiger charge is 2.36. The Morgan fingerprint density at radius 3 is 2.31 bits per heavy atom. The van der Waals surface area contributed by atoms with E-state index in [0.29, 0.717) is 37.4 Å². The van der Waals surface area contributed by atoms with Crippen molar-refractivity contribution in [1.82, 2.24) is 10.2 Å². The molecule has 1 N–H and O–H groups in total. The van der Waals surface area contributed by atoms with Gasteiger partial charge in [-0.05, 0) is 36.1 Å². The number of nitrogens with one attached hydrogen (secondary N) is 1. The van der Waals surface area contributed by atoms with Crippen molar-refractivity contribution in [2.45, 2.75) is 31.9 Å². The first-order chi connectivity index (χ1) is 17.6. The number of hydrogen-bond acceptors (Lipinski definition) is 5. The minimum Gasteiger partial charge on any atom is -0.488 e. The van der Waals surface area contributed by atoms with Gasteiger partial charge in [0.15, 0.2) is 0 Å². The third-order valence-electron chi connectivity index (χ3n) is 6.02. The molecule has 1 aliphatic rings. The summed E-state index contributed by atoms with van der Waals surface area (Å²) in [7, 11) is 0. The number of rotatable bonds is 10. The molecule has 7 nitrogen and oxygen atoms in total. The number of amides is 2. The van der Waals surface area contributed by atoms with Crippen molar-refractivity contribution in [2.24, 2.45) is 0 Å². The van der Waals surface area contributed by atoms with Gasteiger partial charge in [-0.1, -0.05) is 72.8 Å². The fourth-order valence-electron chi connectivity index (χ4n) is 4.14. The highest BCUT2D eigenvalue weighted by atomic mass is 16.5. The molecule has 4 rings (SSSR count). The fraction of sp³-hybridized carbons (Fsp3) is 0.276. The molecule has 1 atom stereocenters. The molecule has 36 heavy (non-hydrogen) atoms. The highest BCUT2D eigenvalue weighted by molar-refractivity contribution is 6.01. The van der Waals surface area contributed by atoms with E-state index < -0.39 is 12.0 Å². The molecule has 1 aliphatic heterocycles. The average molecular weight is 487 g/mol. The number of aryl methyl sites for hydroxylation is 1. The van der Waals surface area contributed by atoms with Crippen LogP contribution in [0.2, 0.25) is 0 Å². The number of benzene rings is 3. The Hall–Kier alpha value is -4.13. The summed E-state index contributed by atoms with van der Waals surface area (Å²) in [5, 5.41) is 2.75. The van der Waals surface area contributed by atoms with Crippen molar-refractivity contribution in [3.05, 3.63) is 102 Å². The third-order valence-corrected chi connectivity index (χ3v) is 6.02. The van der Waals surface area contributed by atoms with Crippen LogP contribution in [0.15, 0.2) is 84.9 Å². The third kappa shape index (κ3) is 6.72. The summed E-state index contributed by atoms with van der Waals surface area (Å²) in [5.41, 5.74) is 2.50. The van der Waals surface area contributed by atoms with E-state index >= 15 is 0 Å². The molecule has 1 heterocycles. The van der Waals surface area contributed by atoms with Gasteiger partial charge in [0.05, 0.1) is 18.6 Å². The van der Waals surface area contributed by atoms with Gasteiger partial charge in [-0.3, -0.25) is 14.4 Å². The van der Waals surface area contributed by atoms with Gasteiger partial charge in [-0.2, -0.15) is 0 Å². The average Bonchev–Trinajstić information content (AvgIpc) is 2.92. The first-order valence-electron chi connectivity index (χ1n) is 12.2. The molecule has 0 bridgehead atoms. The lowest BCUT2D eigenvalue weighted by molar-refractivity contribution is -0.147. The van der Waals surface area contributed by atoms with Crippen LogP contribution >= 0.6 is 0 Å². The molecule has 0 radical (unpaired) electrons. The van der Waals surface area contributed by atoms with Gasteiger partial charge < -0.3 is 19.7 Å². The number of ether oxygens (including phenoxy) is 2. The molecule has 186 valence electrons. The molecular formula is C29H30N2O5. The van der Waals surface area contributed by atoms with E-state index in [2.05, 4.69) is 5.32 Å². The summed E-state index contributed by atoms with van der Waals surface area (Å²) < 4.78 is 11.3. The number of piperazine rings is 1. The van der Waals surface area contributed by atoms with Crippen molar-refractivity contribution in [3.8, 4) is 5.75 Å². The van der Waals surface area contributed by atoms with Gasteiger partial charge in [0.25, 0.3) is 5.91 Å². The molecule has 0 aromatic heterocycles. The topological polar surface area (TPSA) is 84.9 Å². The predicted octanol–water partition coefficient (Wildman–Crippen LogP) is 3.77. The SMILES string of the molecule is O=C(CC1C(=O)NCCN1C(=O)c1ccccc1OCc1ccccc1)OCCCc1ccccc1. The Labute approximate surface area is 211 Å². The van der Waals surface area contributed by atoms with E-state index in [0.717, 1.165) is 12.0 Å². The van der Waals surface area contributed by atoms with E-state index in [1.165, 1.54) is 10.5 Å². The first kappa shape index (κ1) is 25.0. The van der Waals surface area contributed by atoms with Crippen LogP contribution in [0.25, 0.3) is 0 Å². The summed E-state index contributed by atoms with van der Waals surface area (Å²) >= 11 is 0. The van der Waals surface area contributed by atoms with Crippen LogP contribution in [-0.4, -0.2) is 48.4 Å². The normalized spacial score (nSPS) is 15.2. The van der Waals surface area contributed by atoms with Crippen LogP contribution in [-0.2, 0) is 27.4 Å². The standard InChI is InChI=1S/C29H30N2O5/c32-27(35-19-9-14-22-10-3-1-4-11-22)20-25-28(33)30-17-18-31(25)29(34)24-15-7-8-16-26(24)36-21-23-12-5-2-6-13-23/h1-8,10-13,15-16,25H,9,14,17-21H2,(H,30,33). The van der Waals surface area contributed by atoms with E-state index in [1.807, 2.05) is 60.7 Å². The molecule has 2 amide bonds. The lowest BCUT2D eigenvalue weighted by atomic mass is 10.1. The molecule has 7 heteroatoms. The lowest BCUT2D eigenvalue weighted by Gasteiger charge is -2.34. The molecule has 0 saturated carbocycles. The van der Waals surface area contributed by atoms with Crippen molar-refractivity contribution in [3.63, 3.8) is 0 Å². The summed E-state index contributed by atoms with van der Waals surface area (Å²) in [6.07, 6.45) is 1.28. The predicted molar refractivity (Wildman–Crippen MR) is 135 cm³/mol. The Morgan fingerprint density at radius 2 is 1.56 bits per heavy atom. The molecule has 1 unspecified atom stereocenters. The number of carbonyl (C=O) groups is 3. The fourth-order valence-corrected chi connectivity index (χ4v) is 4.14. The van der Waals surface area contributed by atoms with Crippen LogP contribution < -0.4 is 10.1 Å². The quantitative estimate of drug-likeness (QED) is 0.348. The Kier molecular flexibility index (Phi) is 8.70. The second kappa shape index (κ2) is 12.5. The molecule has 3 aromatic carbocycles. The molecule has 0 aliphatic carbocycles. The Bertz CT molecular complexity index is 1170. The monoisotopic (exact) mass is 486 g/mol. The minimum absolute atomic E-state index is 0.198. The van der Waals surface area contributed by atoms with Gasteiger partial charge in [-0.25, -0.2) is 0 Å². The van der Waals surface area contributed by atoms with Crippen LogP contribution in [0.5, 0.6) is 5.75 Å². The zero-order valence-electron chi connectivity index (χ0n) is 20.1. The van der Waals surface area contributed by atoms with Crippen molar-refractivity contribution in [2.75, 3.05) is 19.7 Å². The van der Waals surface area contributed by atoms with Crippen molar-refractivity contribution in [1.29, 1.82) is 0 Å². The van der Waals surface area contributed by atoms with E-state index in [1.54, 1.807) is 24.3 Å². The first-order valence-corrected chi connectivity index (χ1v) is 12.2. The van der Waals surface area contributed by atoms with Crippen molar-refractivity contribution < 1.29 is 23.9 Å². The number of nitrogens with zero attached hydrogens (tertiary/aromatic N) is 1. The van der Waals surface area contributed by atoms with Gasteiger partial charge in [-0.15, -0.1) is 0 Å². The zero-order chi connectivity index (χ0) is 25.2. The van der Waals surface area contributed by atoms with Crippen LogP contribution in [0, 0.1) is 0 Å². The zero-order valence-corrected chi connectivity index (χ0v) is 20.1. The maximum Gasteiger partial charge on any atom is 0.308 e. The van der Waals surface area contributed by atoms with Crippen LogP contribution in [0.4, 0.5) is 0 Å². The summed E-state index contributed by atoms with van der Waals surface area (Å²) in [5.74, 6) is -0.787. The molecule has 1 fully saturated rings. The smallest absolute Gasteiger partial charge is 0.308 e. The summed E-state index contributed by atoms with van der Waals surface area (Å²) in [6.45, 7) is 1.18. The van der Waals surface area contributed by atoms with Gasteiger partial charge in [0.2, 0.25) is 5.91 Å². The summed E-state index contributed by atoms with van der Waals surface area (Å²) in [4.78, 5) is 40.1. The summed E-state index contributed by atoms with van der Waals surface area (Å²) in [6, 6.07) is 25.6. The van der Waals surface area contributed by atoms with Crippen LogP contribution in [0.1, 0.15) is 34.3 Å². The second-order valence-corrected chi connectivity index (χ2v) is 8.59. The van der Waals surface area contributed by atoms with Gasteiger partial charge >= 0.3 is 5.97 Å². The maximum atomic E-state index is 13.5. The maximum absolute atomic E-state index is 13.5. The second-order valence-electron chi connectivity index (χ2n) is 8.59. The van der Waals surface area contributed by atoms with Gasteiger partial charge in [0, 0.05) is 13.1 Å². The largest absolute Gasteiger partial charge is 0.488 e. The number of para-hydroxylation sites is 1. The Morgan fingerprint density at radius 1 is 0.889 bits per heavy atom. The molecular weight excluding hydrogens is 456 g/mol. The molecule has 0 spiro atoms. The molecule has 1 saturated heterocycles. The minimum atomic E-state index is -0.935. The van der Waals surface area contributed by atoms with E-state index in [-0.39, 0.29) is 24.8 Å². The number of carbonyl (C=O) groups excluding carboxylic acids is 3. The van der Waals surface area contributed by atoms with Gasteiger partial charge in [0.1, 0.15) is 18.4 Å². The highest BCUT2D eigenvalue weighted by Crippen LogP contribution is 2.24. The lowest BCUT2D eigenvalue weighted by Crippen LogP contribution is -2.57. The van der Waals surface area contributed by atoms with E-state index in [9.17, 15) is 14.4 Å². The van der Waals surface area contributed by atoms with Crippen LogP contribution in [0.3, 0.4) is 0 Å². The Balaban J connectivity index is 1.37. The number of esters is 1. The molecule has 3 aromatic rings. The number of hydrogen-bond donors (Lipinski definition) is 1. The van der Waals surface area contributed by atoms with Crippen molar-refractivity contribution >= 4 is 17.8 Å².